The van der Waals surface area contributed by atoms with Crippen LogP contribution in [-0.2, 0) is 17.8 Å². The molecule has 0 aliphatic carbocycles. The SMILES string of the molecule is CC(C)[C@H](N)C(=O)N1CCc2c(F)cccc2C1.Cl. The molecular formula is C14H20ClFN2O. The third kappa shape index (κ3) is 3.25. The van der Waals surface area contributed by atoms with Gasteiger partial charge in [-0.05, 0) is 29.5 Å². The summed E-state index contributed by atoms with van der Waals surface area (Å²) < 4.78 is 13.6. The van der Waals surface area contributed by atoms with Gasteiger partial charge in [0.2, 0.25) is 5.91 Å². The minimum Gasteiger partial charge on any atom is -0.337 e. The highest BCUT2D eigenvalue weighted by Gasteiger charge is 2.27. The van der Waals surface area contributed by atoms with Crippen molar-refractivity contribution >= 4 is 18.3 Å². The van der Waals surface area contributed by atoms with Crippen molar-refractivity contribution in [1.29, 1.82) is 0 Å². The van der Waals surface area contributed by atoms with Crippen LogP contribution < -0.4 is 5.73 Å². The molecule has 19 heavy (non-hydrogen) atoms. The molecule has 2 rings (SSSR count). The highest BCUT2D eigenvalue weighted by Crippen LogP contribution is 2.22. The van der Waals surface area contributed by atoms with Crippen molar-refractivity contribution in [2.75, 3.05) is 6.54 Å². The second kappa shape index (κ2) is 6.35. The van der Waals surface area contributed by atoms with E-state index in [2.05, 4.69) is 0 Å². The summed E-state index contributed by atoms with van der Waals surface area (Å²) in [6.45, 7) is 4.87. The van der Waals surface area contributed by atoms with Gasteiger partial charge in [-0.25, -0.2) is 4.39 Å². The van der Waals surface area contributed by atoms with Crippen LogP contribution in [0.3, 0.4) is 0 Å². The molecule has 0 spiro atoms. The molecule has 0 saturated carbocycles. The molecule has 0 fully saturated rings. The molecule has 0 unspecified atom stereocenters. The lowest BCUT2D eigenvalue weighted by Crippen LogP contribution is -2.48. The minimum absolute atomic E-state index is 0. The molecule has 0 saturated heterocycles. The Kier molecular flexibility index (Phi) is 5.32. The maximum atomic E-state index is 13.6. The zero-order valence-electron chi connectivity index (χ0n) is 11.2. The van der Waals surface area contributed by atoms with Crippen LogP contribution in [0.25, 0.3) is 0 Å². The van der Waals surface area contributed by atoms with Gasteiger partial charge < -0.3 is 10.6 Å². The molecule has 1 aliphatic rings. The number of halogens is 2. The van der Waals surface area contributed by atoms with Gasteiger partial charge in [-0.3, -0.25) is 4.79 Å². The first-order chi connectivity index (χ1) is 8.50. The molecular weight excluding hydrogens is 267 g/mol. The Morgan fingerprint density at radius 2 is 2.11 bits per heavy atom. The highest BCUT2D eigenvalue weighted by molar-refractivity contribution is 5.85. The van der Waals surface area contributed by atoms with Crippen LogP contribution in [0.4, 0.5) is 4.39 Å². The summed E-state index contributed by atoms with van der Waals surface area (Å²) in [5, 5.41) is 0. The van der Waals surface area contributed by atoms with Crippen molar-refractivity contribution in [3.8, 4) is 0 Å². The van der Waals surface area contributed by atoms with Gasteiger partial charge in [0.25, 0.3) is 0 Å². The zero-order chi connectivity index (χ0) is 13.3. The van der Waals surface area contributed by atoms with E-state index in [4.69, 9.17) is 5.73 Å². The van der Waals surface area contributed by atoms with Gasteiger partial charge in [0.05, 0.1) is 6.04 Å². The number of hydrogen-bond acceptors (Lipinski definition) is 2. The quantitative estimate of drug-likeness (QED) is 0.905. The van der Waals surface area contributed by atoms with Crippen LogP contribution >= 0.6 is 12.4 Å². The van der Waals surface area contributed by atoms with Crippen LogP contribution in [-0.4, -0.2) is 23.4 Å². The van der Waals surface area contributed by atoms with Gasteiger partial charge in [0, 0.05) is 13.1 Å². The van der Waals surface area contributed by atoms with Gasteiger partial charge >= 0.3 is 0 Å². The van der Waals surface area contributed by atoms with Gasteiger partial charge in [0.1, 0.15) is 5.82 Å². The second-order valence-electron chi connectivity index (χ2n) is 5.16. The summed E-state index contributed by atoms with van der Waals surface area (Å²) in [4.78, 5) is 13.9. The second-order valence-corrected chi connectivity index (χ2v) is 5.16. The number of amides is 1. The van der Waals surface area contributed by atoms with Crippen LogP contribution in [0.2, 0.25) is 0 Å². The minimum atomic E-state index is -0.472. The molecule has 1 atom stereocenters. The van der Waals surface area contributed by atoms with Crippen LogP contribution in [0.5, 0.6) is 0 Å². The maximum absolute atomic E-state index is 13.6. The molecule has 2 N–H and O–H groups in total. The summed E-state index contributed by atoms with van der Waals surface area (Å²) >= 11 is 0. The Labute approximate surface area is 119 Å². The Morgan fingerprint density at radius 3 is 2.74 bits per heavy atom. The number of nitrogens with two attached hydrogens (primary N) is 1. The Hall–Kier alpha value is -1.13. The Bertz CT molecular complexity index is 465. The van der Waals surface area contributed by atoms with Gasteiger partial charge in [-0.15, -0.1) is 12.4 Å². The van der Waals surface area contributed by atoms with E-state index in [1.54, 1.807) is 11.0 Å². The number of fused-ring (bicyclic) bond motifs is 1. The zero-order valence-corrected chi connectivity index (χ0v) is 12.0. The Balaban J connectivity index is 0.00000180. The lowest BCUT2D eigenvalue weighted by Gasteiger charge is -2.32. The van der Waals surface area contributed by atoms with Crippen molar-refractivity contribution in [3.05, 3.63) is 35.1 Å². The van der Waals surface area contributed by atoms with E-state index >= 15 is 0 Å². The van der Waals surface area contributed by atoms with Crippen LogP contribution in [0, 0.1) is 11.7 Å². The molecule has 1 aromatic rings. The van der Waals surface area contributed by atoms with Crippen molar-refractivity contribution in [2.45, 2.75) is 32.9 Å². The standard InChI is InChI=1S/C14H19FN2O.ClH/c1-9(2)13(16)14(18)17-7-6-11-10(8-17)4-3-5-12(11)15;/h3-5,9,13H,6-8,16H2,1-2H3;1H/t13-;/m0./s1. The molecule has 0 radical (unpaired) electrons. The fourth-order valence-corrected chi connectivity index (χ4v) is 2.25. The average molecular weight is 287 g/mol. The van der Waals surface area contributed by atoms with E-state index in [1.165, 1.54) is 6.07 Å². The first kappa shape index (κ1) is 15.9. The van der Waals surface area contributed by atoms with E-state index in [0.29, 0.717) is 19.5 Å². The predicted molar refractivity (Wildman–Crippen MR) is 75.6 cm³/mol. The fraction of sp³-hybridized carbons (Fsp3) is 0.500. The number of carbonyl (C=O) groups excluding carboxylic acids is 1. The molecule has 1 heterocycles. The molecule has 1 amide bonds. The molecule has 0 bridgehead atoms. The van der Waals surface area contributed by atoms with E-state index < -0.39 is 6.04 Å². The predicted octanol–water partition coefficient (Wildman–Crippen LogP) is 2.12. The third-order valence-electron chi connectivity index (χ3n) is 3.52. The van der Waals surface area contributed by atoms with Crippen LogP contribution in [0.15, 0.2) is 18.2 Å². The molecule has 1 aromatic carbocycles. The highest BCUT2D eigenvalue weighted by atomic mass is 35.5. The first-order valence-corrected chi connectivity index (χ1v) is 6.31. The summed E-state index contributed by atoms with van der Waals surface area (Å²) in [7, 11) is 0. The van der Waals surface area contributed by atoms with Crippen molar-refractivity contribution in [3.63, 3.8) is 0 Å². The molecule has 1 aliphatic heterocycles. The molecule has 0 aromatic heterocycles. The molecule has 3 nitrogen and oxygen atoms in total. The third-order valence-corrected chi connectivity index (χ3v) is 3.52. The number of benzene rings is 1. The van der Waals surface area contributed by atoms with Crippen molar-refractivity contribution in [2.24, 2.45) is 11.7 Å². The Morgan fingerprint density at radius 1 is 1.42 bits per heavy atom. The smallest absolute Gasteiger partial charge is 0.240 e. The van der Waals surface area contributed by atoms with E-state index in [9.17, 15) is 9.18 Å². The van der Waals surface area contributed by atoms with Gasteiger partial charge in [-0.1, -0.05) is 26.0 Å². The van der Waals surface area contributed by atoms with Crippen molar-refractivity contribution in [1.82, 2.24) is 4.90 Å². The van der Waals surface area contributed by atoms with E-state index in [-0.39, 0.29) is 30.0 Å². The topological polar surface area (TPSA) is 46.3 Å². The van der Waals surface area contributed by atoms with E-state index in [0.717, 1.165) is 11.1 Å². The lowest BCUT2D eigenvalue weighted by molar-refractivity contribution is -0.134. The fourth-order valence-electron chi connectivity index (χ4n) is 2.25. The molecule has 5 heteroatoms. The summed E-state index contributed by atoms with van der Waals surface area (Å²) in [6.07, 6.45) is 0.568. The van der Waals surface area contributed by atoms with Crippen LogP contribution in [0.1, 0.15) is 25.0 Å². The number of hydrogen-bond donors (Lipinski definition) is 1. The average Bonchev–Trinajstić information content (AvgIpc) is 2.36. The summed E-state index contributed by atoms with van der Waals surface area (Å²) in [5.41, 5.74) is 7.51. The van der Waals surface area contributed by atoms with E-state index in [1.807, 2.05) is 19.9 Å². The number of rotatable bonds is 2. The monoisotopic (exact) mass is 286 g/mol. The number of nitrogens with zero attached hydrogens (tertiary/aromatic N) is 1. The van der Waals surface area contributed by atoms with Gasteiger partial charge in [-0.2, -0.15) is 0 Å². The maximum Gasteiger partial charge on any atom is 0.240 e. The molecule has 106 valence electrons. The summed E-state index contributed by atoms with van der Waals surface area (Å²) in [5.74, 6) is -0.0981. The summed E-state index contributed by atoms with van der Waals surface area (Å²) in [6, 6.07) is 4.56. The lowest BCUT2D eigenvalue weighted by atomic mass is 9.97. The normalized spacial score (nSPS) is 15.7. The number of carbonyl (C=O) groups is 1. The van der Waals surface area contributed by atoms with Gasteiger partial charge in [0.15, 0.2) is 0 Å². The first-order valence-electron chi connectivity index (χ1n) is 6.31. The van der Waals surface area contributed by atoms with Crippen molar-refractivity contribution < 1.29 is 9.18 Å². The largest absolute Gasteiger partial charge is 0.337 e.